The Kier molecular flexibility index (Phi) is 4.21. The van der Waals surface area contributed by atoms with Crippen LogP contribution in [0.15, 0.2) is 66.0 Å². The second-order valence-electron chi connectivity index (χ2n) is 4.80. The average molecular weight is 309 g/mol. The second kappa shape index (κ2) is 6.45. The zero-order valence-electron chi connectivity index (χ0n) is 11.9. The highest BCUT2D eigenvalue weighted by molar-refractivity contribution is 7.14. The topological polar surface area (TPSA) is 52.3 Å². The maximum atomic E-state index is 11.5. The van der Waals surface area contributed by atoms with Crippen LogP contribution in [0.4, 0.5) is 0 Å². The molecule has 0 saturated carbocycles. The monoisotopic (exact) mass is 309 g/mol. The summed E-state index contributed by atoms with van der Waals surface area (Å²) >= 11 is 1.49. The van der Waals surface area contributed by atoms with E-state index in [2.05, 4.69) is 0 Å². The highest BCUT2D eigenvalue weighted by Gasteiger charge is 2.15. The lowest BCUT2D eigenvalue weighted by Gasteiger charge is -2.11. The van der Waals surface area contributed by atoms with Gasteiger partial charge in [-0.3, -0.25) is 4.79 Å². The summed E-state index contributed by atoms with van der Waals surface area (Å²) < 4.78 is 5.94. The Balaban J connectivity index is 1.90. The van der Waals surface area contributed by atoms with Gasteiger partial charge in [0.15, 0.2) is 0 Å². The fraction of sp³-hybridized carbons (Fsp3) is 0.0556. The minimum Gasteiger partial charge on any atom is -0.488 e. The van der Waals surface area contributed by atoms with Crippen molar-refractivity contribution >= 4 is 17.2 Å². The van der Waals surface area contributed by atoms with E-state index in [1.165, 1.54) is 11.3 Å². The normalized spacial score (nSPS) is 10.4. The molecule has 3 rings (SSSR count). The molecule has 2 aromatic carbocycles. The molecule has 22 heavy (non-hydrogen) atoms. The van der Waals surface area contributed by atoms with Gasteiger partial charge in [0.1, 0.15) is 12.4 Å². The van der Waals surface area contributed by atoms with Crippen LogP contribution in [0.25, 0.3) is 10.4 Å². The minimum atomic E-state index is -0.422. The van der Waals surface area contributed by atoms with Crippen LogP contribution >= 0.6 is 11.3 Å². The van der Waals surface area contributed by atoms with Crippen molar-refractivity contribution < 1.29 is 9.53 Å². The smallest absolute Gasteiger partial charge is 0.250 e. The van der Waals surface area contributed by atoms with Gasteiger partial charge in [-0.1, -0.05) is 42.5 Å². The number of amides is 1. The molecule has 3 aromatic rings. The van der Waals surface area contributed by atoms with Crippen molar-refractivity contribution in [3.63, 3.8) is 0 Å². The third-order valence-corrected chi connectivity index (χ3v) is 4.25. The zero-order chi connectivity index (χ0) is 15.4. The molecule has 0 atom stereocenters. The Bertz CT molecular complexity index is 781. The zero-order valence-corrected chi connectivity index (χ0v) is 12.7. The highest BCUT2D eigenvalue weighted by atomic mass is 32.1. The van der Waals surface area contributed by atoms with Crippen molar-refractivity contribution in [1.29, 1.82) is 0 Å². The van der Waals surface area contributed by atoms with Crippen molar-refractivity contribution in [2.75, 3.05) is 0 Å². The van der Waals surface area contributed by atoms with E-state index in [0.717, 1.165) is 21.8 Å². The molecule has 0 aliphatic rings. The molecule has 1 amide bonds. The van der Waals surface area contributed by atoms with Crippen LogP contribution in [0.2, 0.25) is 0 Å². The third kappa shape index (κ3) is 3.02. The predicted octanol–water partition coefficient (Wildman–Crippen LogP) is 4.09. The van der Waals surface area contributed by atoms with Gasteiger partial charge in [-0.15, -0.1) is 11.3 Å². The fourth-order valence-electron chi connectivity index (χ4n) is 2.23. The summed E-state index contributed by atoms with van der Waals surface area (Å²) in [7, 11) is 0. The summed E-state index contributed by atoms with van der Waals surface area (Å²) in [6.07, 6.45) is 0. The molecule has 0 unspecified atom stereocenters. The summed E-state index contributed by atoms with van der Waals surface area (Å²) in [5.41, 5.74) is 7.95. The van der Waals surface area contributed by atoms with Gasteiger partial charge >= 0.3 is 0 Å². The maximum Gasteiger partial charge on any atom is 0.250 e. The number of carbonyl (C=O) groups excluding carboxylic acids is 1. The Hall–Kier alpha value is -2.59. The molecule has 0 saturated heterocycles. The van der Waals surface area contributed by atoms with Gasteiger partial charge in [-0.2, -0.15) is 0 Å². The Labute approximate surface area is 133 Å². The molecule has 0 bridgehead atoms. The summed E-state index contributed by atoms with van der Waals surface area (Å²) in [4.78, 5) is 12.4. The predicted molar refractivity (Wildman–Crippen MR) is 89.0 cm³/mol. The Morgan fingerprint density at radius 2 is 1.73 bits per heavy atom. The lowest BCUT2D eigenvalue weighted by Crippen LogP contribution is -2.10. The van der Waals surface area contributed by atoms with Gasteiger partial charge in [-0.05, 0) is 29.1 Å². The summed E-state index contributed by atoms with van der Waals surface area (Å²) in [5.74, 6) is 0.324. The van der Waals surface area contributed by atoms with Crippen molar-refractivity contribution in [3.8, 4) is 16.2 Å². The largest absolute Gasteiger partial charge is 0.488 e. The first-order valence-electron chi connectivity index (χ1n) is 6.89. The number of benzene rings is 2. The maximum absolute atomic E-state index is 11.5. The number of para-hydroxylation sites is 1. The molecule has 4 heteroatoms. The lowest BCUT2D eigenvalue weighted by atomic mass is 10.1. The summed E-state index contributed by atoms with van der Waals surface area (Å²) in [5, 5.41) is 1.86. The number of carbonyl (C=O) groups is 1. The fourth-order valence-corrected chi connectivity index (χ4v) is 3.16. The first kappa shape index (κ1) is 14.4. The van der Waals surface area contributed by atoms with Crippen LogP contribution in [0.3, 0.4) is 0 Å². The molecule has 0 radical (unpaired) electrons. The van der Waals surface area contributed by atoms with Crippen LogP contribution in [0, 0.1) is 0 Å². The molecular weight excluding hydrogens is 294 g/mol. The van der Waals surface area contributed by atoms with Gasteiger partial charge in [0.25, 0.3) is 0 Å². The summed E-state index contributed by atoms with van der Waals surface area (Å²) in [6.45, 7) is 0.481. The molecule has 3 nitrogen and oxygen atoms in total. The lowest BCUT2D eigenvalue weighted by molar-refractivity contribution is 0.100. The van der Waals surface area contributed by atoms with E-state index in [0.29, 0.717) is 12.2 Å². The van der Waals surface area contributed by atoms with Crippen molar-refractivity contribution in [1.82, 2.24) is 0 Å². The minimum absolute atomic E-state index is 0.422. The average Bonchev–Trinajstić information content (AvgIpc) is 3.04. The molecule has 0 spiro atoms. The molecule has 2 N–H and O–H groups in total. The first-order valence-corrected chi connectivity index (χ1v) is 7.77. The Morgan fingerprint density at radius 1 is 1.00 bits per heavy atom. The van der Waals surface area contributed by atoms with E-state index in [4.69, 9.17) is 10.5 Å². The van der Waals surface area contributed by atoms with E-state index < -0.39 is 5.91 Å². The van der Waals surface area contributed by atoms with E-state index in [1.54, 1.807) is 6.07 Å². The van der Waals surface area contributed by atoms with E-state index in [-0.39, 0.29) is 0 Å². The third-order valence-electron chi connectivity index (χ3n) is 3.30. The molecule has 1 aromatic heterocycles. The van der Waals surface area contributed by atoms with Crippen molar-refractivity contribution in [3.05, 3.63) is 77.2 Å². The molecule has 0 aliphatic heterocycles. The van der Waals surface area contributed by atoms with Gasteiger partial charge in [0.05, 0.1) is 10.4 Å². The molecule has 0 fully saturated rings. The van der Waals surface area contributed by atoms with Crippen LogP contribution in [0.5, 0.6) is 5.75 Å². The SMILES string of the molecule is NC(=O)c1ccsc1-c1ccccc1OCc1ccccc1. The van der Waals surface area contributed by atoms with Crippen molar-refractivity contribution in [2.45, 2.75) is 6.61 Å². The van der Waals surface area contributed by atoms with E-state index >= 15 is 0 Å². The molecule has 110 valence electrons. The summed E-state index contributed by atoms with van der Waals surface area (Å²) in [6, 6.07) is 19.4. The molecular formula is C18H15NO2S. The number of ether oxygens (including phenoxy) is 1. The number of primary amides is 1. The molecule has 0 aliphatic carbocycles. The van der Waals surface area contributed by atoms with Crippen LogP contribution in [0.1, 0.15) is 15.9 Å². The van der Waals surface area contributed by atoms with Gasteiger partial charge in [0, 0.05) is 5.56 Å². The van der Waals surface area contributed by atoms with E-state index in [1.807, 2.05) is 60.0 Å². The quantitative estimate of drug-likeness (QED) is 0.771. The number of nitrogens with two attached hydrogens (primary N) is 1. The van der Waals surface area contributed by atoms with Gasteiger partial charge in [0.2, 0.25) is 5.91 Å². The molecule has 1 heterocycles. The number of hydrogen-bond donors (Lipinski definition) is 1. The van der Waals surface area contributed by atoms with Crippen molar-refractivity contribution in [2.24, 2.45) is 5.73 Å². The number of thiophene rings is 1. The Morgan fingerprint density at radius 3 is 2.50 bits per heavy atom. The van der Waals surface area contributed by atoms with Gasteiger partial charge in [-0.25, -0.2) is 0 Å². The standard InChI is InChI=1S/C18H15NO2S/c19-18(20)15-10-11-22-17(15)14-8-4-5-9-16(14)21-12-13-6-2-1-3-7-13/h1-11H,12H2,(H2,19,20). The number of hydrogen-bond acceptors (Lipinski definition) is 3. The van der Waals surface area contributed by atoms with Crippen LogP contribution in [-0.2, 0) is 6.61 Å². The first-order chi connectivity index (χ1) is 10.8. The van der Waals surface area contributed by atoms with Crippen LogP contribution in [-0.4, -0.2) is 5.91 Å². The number of rotatable bonds is 5. The van der Waals surface area contributed by atoms with E-state index in [9.17, 15) is 4.79 Å². The van der Waals surface area contributed by atoms with Crippen LogP contribution < -0.4 is 10.5 Å². The van der Waals surface area contributed by atoms with Gasteiger partial charge < -0.3 is 10.5 Å². The highest BCUT2D eigenvalue weighted by Crippen LogP contribution is 2.36. The second-order valence-corrected chi connectivity index (χ2v) is 5.71.